The first kappa shape index (κ1) is 31.5. The Morgan fingerprint density at radius 1 is 1.07 bits per heavy atom. The summed E-state index contributed by atoms with van der Waals surface area (Å²) in [6, 6.07) is 2.56. The molecular weight excluding hydrogens is 558 g/mol. The molecule has 2 aliphatic carbocycles. The van der Waals surface area contributed by atoms with E-state index in [0.717, 1.165) is 21.8 Å². The summed E-state index contributed by atoms with van der Waals surface area (Å²) in [4.78, 5) is 40.2. The minimum Gasteiger partial charge on any atom is -0.496 e. The maximum Gasteiger partial charge on any atom is 0.433 e. The second-order valence-corrected chi connectivity index (χ2v) is 12.5. The molecule has 1 amide bonds. The zero-order chi connectivity index (χ0) is 31.0. The van der Waals surface area contributed by atoms with E-state index in [4.69, 9.17) is 4.74 Å². The van der Waals surface area contributed by atoms with Gasteiger partial charge in [0.25, 0.3) is 5.91 Å². The van der Waals surface area contributed by atoms with Gasteiger partial charge >= 0.3 is 12.1 Å². The lowest BCUT2D eigenvalue weighted by atomic mass is 9.74. The van der Waals surface area contributed by atoms with Crippen molar-refractivity contribution in [3.8, 4) is 5.75 Å². The lowest BCUT2D eigenvalue weighted by molar-refractivity contribution is -0.152. The van der Waals surface area contributed by atoms with Gasteiger partial charge in [0.2, 0.25) is 0 Å². The Balaban J connectivity index is 1.71. The molecule has 0 unspecified atom stereocenters. The average Bonchev–Trinajstić information content (AvgIpc) is 3.38. The molecule has 230 valence electrons. The molecule has 2 saturated carbocycles. The Hall–Kier alpha value is -3.44. The van der Waals surface area contributed by atoms with Crippen LogP contribution in [0.4, 0.5) is 17.6 Å². The molecule has 1 aromatic heterocycles. The Morgan fingerprint density at radius 2 is 1.69 bits per heavy atom. The van der Waals surface area contributed by atoms with E-state index >= 15 is 0 Å². The van der Waals surface area contributed by atoms with E-state index in [1.807, 2.05) is 0 Å². The van der Waals surface area contributed by atoms with Crippen molar-refractivity contribution in [1.29, 1.82) is 0 Å². The van der Waals surface area contributed by atoms with Crippen molar-refractivity contribution < 1.29 is 41.8 Å². The molecule has 2 fully saturated rings. The number of carbonyl (C=O) groups excluding carboxylic acids is 2. The summed E-state index contributed by atoms with van der Waals surface area (Å²) in [6.45, 7) is 5.06. The van der Waals surface area contributed by atoms with Crippen LogP contribution in [0.1, 0.15) is 105 Å². The smallest absolute Gasteiger partial charge is 0.433 e. The van der Waals surface area contributed by atoms with E-state index in [9.17, 15) is 37.1 Å². The quantitative estimate of drug-likeness (QED) is 0.274. The van der Waals surface area contributed by atoms with Gasteiger partial charge < -0.3 is 14.7 Å². The lowest BCUT2D eigenvalue weighted by Crippen LogP contribution is -2.46. The number of carboxylic acid groups (broad SMARTS) is 1. The van der Waals surface area contributed by atoms with Crippen LogP contribution in [0.3, 0.4) is 0 Å². The van der Waals surface area contributed by atoms with Crippen LogP contribution >= 0.6 is 0 Å². The lowest BCUT2D eigenvalue weighted by Gasteiger charge is -2.40. The number of halogens is 4. The fraction of sp³-hybridized carbons (Fsp3) is 0.600. The maximum atomic E-state index is 14.7. The number of amides is 1. The monoisotopic (exact) mass is 595 g/mol. The number of benzene rings is 1. The third kappa shape index (κ3) is 6.32. The summed E-state index contributed by atoms with van der Waals surface area (Å²) in [5.74, 6) is -3.69. The van der Waals surface area contributed by atoms with E-state index in [1.165, 1.54) is 19.2 Å². The van der Waals surface area contributed by atoms with Gasteiger partial charge in [-0.1, -0.05) is 19.9 Å². The van der Waals surface area contributed by atoms with Gasteiger partial charge in [-0.15, -0.1) is 0 Å². The molecule has 12 heteroatoms. The molecule has 0 radical (unpaired) electrons. The molecule has 0 spiro atoms. The van der Waals surface area contributed by atoms with Crippen LogP contribution in [0.5, 0.6) is 5.75 Å². The summed E-state index contributed by atoms with van der Waals surface area (Å²) < 4.78 is 64.4. The van der Waals surface area contributed by atoms with Crippen molar-refractivity contribution in [2.75, 3.05) is 13.7 Å². The first-order valence-electron chi connectivity index (χ1n) is 14.1. The number of methoxy groups -OCH3 is 1. The average molecular weight is 596 g/mol. The number of hydrogen-bond acceptors (Lipinski definition) is 5. The molecule has 42 heavy (non-hydrogen) atoms. The summed E-state index contributed by atoms with van der Waals surface area (Å²) in [5.41, 5.74) is -3.36. The van der Waals surface area contributed by atoms with Gasteiger partial charge in [-0.25, -0.2) is 4.39 Å². The van der Waals surface area contributed by atoms with Crippen LogP contribution in [0.25, 0.3) is 0 Å². The van der Waals surface area contributed by atoms with Crippen LogP contribution in [-0.2, 0) is 11.0 Å². The van der Waals surface area contributed by atoms with Crippen LogP contribution in [0.2, 0.25) is 0 Å². The molecule has 1 N–H and O–H groups in total. The molecule has 2 aromatic rings. The second-order valence-electron chi connectivity index (χ2n) is 12.5. The predicted octanol–water partition coefficient (Wildman–Crippen LogP) is 6.55. The molecular formula is C30H37F4N3O5. The predicted molar refractivity (Wildman–Crippen MR) is 145 cm³/mol. The van der Waals surface area contributed by atoms with Crippen molar-refractivity contribution in [2.24, 2.45) is 10.8 Å². The van der Waals surface area contributed by atoms with Crippen molar-refractivity contribution >= 4 is 17.7 Å². The highest BCUT2D eigenvalue weighted by Crippen LogP contribution is 2.44. The van der Waals surface area contributed by atoms with Crippen molar-refractivity contribution in [3.05, 3.63) is 47.0 Å². The number of Topliss-reactive ketones (excluding diaryl/α,β-unsaturated/α-hetero) is 1. The van der Waals surface area contributed by atoms with E-state index in [-0.39, 0.29) is 42.4 Å². The molecule has 4 rings (SSSR count). The minimum atomic E-state index is -4.95. The molecule has 1 heterocycles. The van der Waals surface area contributed by atoms with Crippen LogP contribution in [0.15, 0.2) is 24.4 Å². The highest BCUT2D eigenvalue weighted by Gasteiger charge is 2.46. The topological polar surface area (TPSA) is 102 Å². The second kappa shape index (κ2) is 11.7. The Kier molecular flexibility index (Phi) is 8.76. The zero-order valence-corrected chi connectivity index (χ0v) is 24.3. The summed E-state index contributed by atoms with van der Waals surface area (Å²) in [7, 11) is 1.27. The highest BCUT2D eigenvalue weighted by molar-refractivity contribution is 6.04. The normalized spacial score (nSPS) is 22.9. The number of hydrogen-bond donors (Lipinski definition) is 1. The van der Waals surface area contributed by atoms with Crippen LogP contribution < -0.4 is 4.74 Å². The number of ether oxygens (including phenoxy) is 1. The fourth-order valence-electron chi connectivity index (χ4n) is 6.17. The van der Waals surface area contributed by atoms with Gasteiger partial charge in [0.15, 0.2) is 11.5 Å². The van der Waals surface area contributed by atoms with E-state index in [1.54, 1.807) is 6.92 Å². The molecule has 0 bridgehead atoms. The van der Waals surface area contributed by atoms with Gasteiger partial charge in [0.1, 0.15) is 11.6 Å². The third-order valence-electron chi connectivity index (χ3n) is 9.01. The number of aliphatic carboxylic acids is 1. The minimum absolute atomic E-state index is 0.0303. The van der Waals surface area contributed by atoms with Crippen LogP contribution in [-0.4, -0.2) is 57.1 Å². The van der Waals surface area contributed by atoms with Crippen LogP contribution in [0, 0.1) is 16.6 Å². The van der Waals surface area contributed by atoms with Crippen molar-refractivity contribution in [1.82, 2.24) is 14.7 Å². The number of alkyl halides is 3. The third-order valence-corrected chi connectivity index (χ3v) is 9.01. The van der Waals surface area contributed by atoms with Gasteiger partial charge in [-0.05, 0) is 75.8 Å². The molecule has 1 aromatic carbocycles. The molecule has 0 saturated heterocycles. The van der Waals surface area contributed by atoms with E-state index in [0.29, 0.717) is 25.7 Å². The number of nitrogens with zero attached hydrogens (tertiary/aromatic N) is 3. The highest BCUT2D eigenvalue weighted by atomic mass is 19.4. The number of rotatable bonds is 8. The largest absolute Gasteiger partial charge is 0.496 e. The van der Waals surface area contributed by atoms with Crippen molar-refractivity contribution in [2.45, 2.75) is 90.4 Å². The standard InChI is InChI=1S/C30H37F4N3O5/c1-28(2)12-8-18(9-13-28)36(17-22(38)24-21(31)6-5-7-23(24)42-4)26(39)20-16-35-37(25(20)30(32,33)34)19-10-14-29(3,15-11-19)27(40)41/h5-7,16,18-19H,8-15,17H2,1-4H3,(H,40,41)/t19-,29-. The maximum absolute atomic E-state index is 14.7. The Morgan fingerprint density at radius 3 is 2.24 bits per heavy atom. The summed E-state index contributed by atoms with van der Waals surface area (Å²) >= 11 is 0. The van der Waals surface area contributed by atoms with E-state index in [2.05, 4.69) is 18.9 Å². The molecule has 8 nitrogen and oxygen atoms in total. The molecule has 0 aliphatic heterocycles. The number of carboxylic acids is 1. The van der Waals surface area contributed by atoms with E-state index < -0.39 is 65.0 Å². The first-order valence-corrected chi connectivity index (χ1v) is 14.1. The van der Waals surface area contributed by atoms with Gasteiger partial charge in [-0.2, -0.15) is 18.3 Å². The zero-order valence-electron chi connectivity index (χ0n) is 24.3. The van der Waals surface area contributed by atoms with Gasteiger partial charge in [-0.3, -0.25) is 19.1 Å². The summed E-state index contributed by atoms with van der Waals surface area (Å²) in [5, 5.41) is 13.5. The molecule has 2 aliphatic rings. The number of aromatic nitrogens is 2. The van der Waals surface area contributed by atoms with Gasteiger partial charge in [0.05, 0.1) is 42.4 Å². The fourth-order valence-corrected chi connectivity index (χ4v) is 6.17. The summed E-state index contributed by atoms with van der Waals surface area (Å²) in [6.07, 6.45) is -1.14. The SMILES string of the molecule is COc1cccc(F)c1C(=O)CN(C(=O)c1cnn([C@H]2CC[C@](C)(C(=O)O)CC2)c1C(F)(F)F)C1CCC(C)(C)CC1. The Bertz CT molecular complexity index is 1330. The number of carbonyl (C=O) groups is 3. The molecule has 0 atom stereocenters. The Labute approximate surface area is 242 Å². The number of ketones is 1. The van der Waals surface area contributed by atoms with Crippen molar-refractivity contribution in [3.63, 3.8) is 0 Å². The first-order chi connectivity index (χ1) is 19.6. The van der Waals surface area contributed by atoms with Gasteiger partial charge in [0, 0.05) is 6.04 Å².